The number of halogens is 1. The molecule has 0 aromatic heterocycles. The molecule has 3 rings (SSSR count). The van der Waals surface area contributed by atoms with Gasteiger partial charge in [-0.2, -0.15) is 0 Å². The molecule has 0 unspecified atom stereocenters. The zero-order valence-electron chi connectivity index (χ0n) is 10.0. The first-order valence-corrected chi connectivity index (χ1v) is 6.60. The molecule has 5 heteroatoms. The normalized spacial score (nSPS) is 21.0. The highest BCUT2D eigenvalue weighted by atomic mass is 35.5. The molecule has 0 atom stereocenters. The third-order valence-corrected chi connectivity index (χ3v) is 4.04. The number of ether oxygens (including phenoxy) is 2. The van der Waals surface area contributed by atoms with Gasteiger partial charge in [0.2, 0.25) is 0 Å². The van der Waals surface area contributed by atoms with Crippen LogP contribution in [0.5, 0.6) is 17.2 Å². The number of hydrogen-bond acceptors (Lipinski definition) is 4. The van der Waals surface area contributed by atoms with E-state index in [0.29, 0.717) is 30.3 Å². The molecule has 0 saturated heterocycles. The Morgan fingerprint density at radius 3 is 2.61 bits per heavy atom. The van der Waals surface area contributed by atoms with Crippen molar-refractivity contribution in [1.82, 2.24) is 0 Å². The molecule has 0 amide bonds. The van der Waals surface area contributed by atoms with Crippen molar-refractivity contribution in [2.24, 2.45) is 5.73 Å². The van der Waals surface area contributed by atoms with Gasteiger partial charge in [-0.25, -0.2) is 0 Å². The van der Waals surface area contributed by atoms with Crippen molar-refractivity contribution in [3.8, 4) is 17.2 Å². The number of aromatic hydroxyl groups is 1. The molecule has 4 nitrogen and oxygen atoms in total. The lowest BCUT2D eigenvalue weighted by atomic mass is 9.87. The van der Waals surface area contributed by atoms with Crippen LogP contribution in [0.4, 0.5) is 0 Å². The molecule has 3 N–H and O–H groups in total. The van der Waals surface area contributed by atoms with Crippen molar-refractivity contribution >= 4 is 11.6 Å². The zero-order valence-corrected chi connectivity index (χ0v) is 10.8. The van der Waals surface area contributed by atoms with Crippen LogP contribution < -0.4 is 15.2 Å². The summed E-state index contributed by atoms with van der Waals surface area (Å²) in [4.78, 5) is 0. The highest BCUT2D eigenvalue weighted by Crippen LogP contribution is 2.51. The Hall–Kier alpha value is -1.13. The van der Waals surface area contributed by atoms with Gasteiger partial charge >= 0.3 is 0 Å². The van der Waals surface area contributed by atoms with Gasteiger partial charge in [0, 0.05) is 11.6 Å². The first-order chi connectivity index (χ1) is 8.62. The summed E-state index contributed by atoms with van der Waals surface area (Å²) < 4.78 is 11.2. The fourth-order valence-corrected chi connectivity index (χ4v) is 3.06. The molecule has 2 aliphatic rings. The van der Waals surface area contributed by atoms with Gasteiger partial charge in [-0.3, -0.25) is 0 Å². The van der Waals surface area contributed by atoms with E-state index in [9.17, 15) is 5.11 Å². The van der Waals surface area contributed by atoms with E-state index in [4.69, 9.17) is 26.8 Å². The maximum Gasteiger partial charge on any atom is 0.170 e. The van der Waals surface area contributed by atoms with Crippen LogP contribution in [0.3, 0.4) is 0 Å². The van der Waals surface area contributed by atoms with Crippen LogP contribution in [0.1, 0.15) is 31.2 Å². The van der Waals surface area contributed by atoms with Gasteiger partial charge in [-0.05, 0) is 12.8 Å². The molecule has 98 valence electrons. The first-order valence-electron chi connectivity index (χ1n) is 6.22. The SMILES string of the molecule is NC1(c2c(O)c(Cl)cc3c2OCCO3)CCCC1. The van der Waals surface area contributed by atoms with Gasteiger partial charge in [0.15, 0.2) is 11.5 Å². The lowest BCUT2D eigenvalue weighted by molar-refractivity contribution is 0.165. The van der Waals surface area contributed by atoms with E-state index in [1.54, 1.807) is 6.07 Å². The van der Waals surface area contributed by atoms with Crippen LogP contribution in [0.25, 0.3) is 0 Å². The van der Waals surface area contributed by atoms with Crippen LogP contribution in [-0.4, -0.2) is 18.3 Å². The van der Waals surface area contributed by atoms with E-state index in [1.807, 2.05) is 0 Å². The van der Waals surface area contributed by atoms with E-state index < -0.39 is 5.54 Å². The third-order valence-electron chi connectivity index (χ3n) is 3.75. The number of phenolic OH excluding ortho intramolecular Hbond substituents is 1. The molecule has 1 heterocycles. The summed E-state index contributed by atoms with van der Waals surface area (Å²) in [6.45, 7) is 0.961. The van der Waals surface area contributed by atoms with E-state index in [0.717, 1.165) is 25.7 Å². The summed E-state index contributed by atoms with van der Waals surface area (Å²) in [7, 11) is 0. The van der Waals surface area contributed by atoms with Crippen LogP contribution in [0, 0.1) is 0 Å². The highest BCUT2D eigenvalue weighted by molar-refractivity contribution is 6.32. The zero-order chi connectivity index (χ0) is 12.8. The van der Waals surface area contributed by atoms with Crippen molar-refractivity contribution in [2.75, 3.05) is 13.2 Å². The summed E-state index contributed by atoms with van der Waals surface area (Å²) >= 11 is 6.05. The number of rotatable bonds is 1. The second kappa shape index (κ2) is 4.21. The summed E-state index contributed by atoms with van der Waals surface area (Å²) in [5, 5.41) is 10.5. The number of phenols is 1. The maximum absolute atomic E-state index is 10.2. The van der Waals surface area contributed by atoms with Crippen LogP contribution in [0.15, 0.2) is 6.07 Å². The predicted octanol–water partition coefficient (Wildman–Crippen LogP) is 2.54. The largest absolute Gasteiger partial charge is 0.506 e. The molecule has 1 aromatic rings. The second-order valence-electron chi connectivity index (χ2n) is 4.97. The fraction of sp³-hybridized carbons (Fsp3) is 0.538. The van der Waals surface area contributed by atoms with Crippen molar-refractivity contribution < 1.29 is 14.6 Å². The topological polar surface area (TPSA) is 64.7 Å². The van der Waals surface area contributed by atoms with Gasteiger partial charge in [0.05, 0.1) is 10.6 Å². The molecule has 18 heavy (non-hydrogen) atoms. The van der Waals surface area contributed by atoms with Crippen molar-refractivity contribution in [3.05, 3.63) is 16.7 Å². The molecular formula is C13H16ClNO3. The quantitative estimate of drug-likeness (QED) is 0.822. The summed E-state index contributed by atoms with van der Waals surface area (Å²) in [6, 6.07) is 1.59. The van der Waals surface area contributed by atoms with Gasteiger partial charge < -0.3 is 20.3 Å². The Labute approximate surface area is 111 Å². The Morgan fingerprint density at radius 1 is 1.22 bits per heavy atom. The van der Waals surface area contributed by atoms with Crippen LogP contribution >= 0.6 is 11.6 Å². The number of nitrogens with two attached hydrogens (primary N) is 1. The number of hydrogen-bond donors (Lipinski definition) is 2. The fourth-order valence-electron chi connectivity index (χ4n) is 2.86. The van der Waals surface area contributed by atoms with Gasteiger partial charge in [-0.1, -0.05) is 24.4 Å². The average molecular weight is 270 g/mol. The first kappa shape index (κ1) is 11.9. The summed E-state index contributed by atoms with van der Waals surface area (Å²) in [5.41, 5.74) is 6.48. The van der Waals surface area contributed by atoms with Crippen LogP contribution in [-0.2, 0) is 5.54 Å². The Bertz CT molecular complexity index is 484. The molecule has 0 radical (unpaired) electrons. The van der Waals surface area contributed by atoms with Gasteiger partial charge in [0.25, 0.3) is 0 Å². The lowest BCUT2D eigenvalue weighted by Crippen LogP contribution is -2.34. The Kier molecular flexibility index (Phi) is 2.79. The Balaban J connectivity index is 2.20. The average Bonchev–Trinajstić information content (AvgIpc) is 2.78. The van der Waals surface area contributed by atoms with Gasteiger partial charge in [-0.15, -0.1) is 0 Å². The van der Waals surface area contributed by atoms with Gasteiger partial charge in [0.1, 0.15) is 19.0 Å². The summed E-state index contributed by atoms with van der Waals surface area (Å²) in [5.74, 6) is 1.17. The van der Waals surface area contributed by atoms with E-state index in [-0.39, 0.29) is 10.8 Å². The second-order valence-corrected chi connectivity index (χ2v) is 5.38. The molecule has 1 aromatic carbocycles. The smallest absolute Gasteiger partial charge is 0.170 e. The molecule has 1 fully saturated rings. The Morgan fingerprint density at radius 2 is 1.89 bits per heavy atom. The molecule has 0 spiro atoms. The minimum absolute atomic E-state index is 0.0327. The van der Waals surface area contributed by atoms with E-state index in [2.05, 4.69) is 0 Å². The van der Waals surface area contributed by atoms with Crippen LogP contribution in [0.2, 0.25) is 5.02 Å². The van der Waals surface area contributed by atoms with E-state index in [1.165, 1.54) is 0 Å². The summed E-state index contributed by atoms with van der Waals surface area (Å²) in [6.07, 6.45) is 3.77. The number of benzene rings is 1. The molecule has 1 aliphatic carbocycles. The minimum Gasteiger partial charge on any atom is -0.506 e. The minimum atomic E-state index is -0.556. The van der Waals surface area contributed by atoms with Crippen molar-refractivity contribution in [2.45, 2.75) is 31.2 Å². The monoisotopic (exact) mass is 269 g/mol. The molecule has 1 aliphatic heterocycles. The van der Waals surface area contributed by atoms with Crippen molar-refractivity contribution in [3.63, 3.8) is 0 Å². The maximum atomic E-state index is 10.2. The standard InChI is InChI=1S/C13H16ClNO3/c14-8-7-9-12(18-6-5-17-9)10(11(8)16)13(15)3-1-2-4-13/h7,16H,1-6,15H2. The predicted molar refractivity (Wildman–Crippen MR) is 68.4 cm³/mol. The van der Waals surface area contributed by atoms with Crippen molar-refractivity contribution in [1.29, 1.82) is 0 Å². The lowest BCUT2D eigenvalue weighted by Gasteiger charge is -2.31. The molecule has 0 bridgehead atoms. The van der Waals surface area contributed by atoms with E-state index >= 15 is 0 Å². The molecular weight excluding hydrogens is 254 g/mol. The third kappa shape index (κ3) is 1.71. The highest BCUT2D eigenvalue weighted by Gasteiger charge is 2.39. The number of fused-ring (bicyclic) bond motifs is 1. The molecule has 1 saturated carbocycles.